The SMILES string of the molecule is CCN1CCN(C(C)C(=O)c2ccc(OC)cc2)CC1C. The number of methoxy groups -OCH3 is 1. The normalized spacial score (nSPS) is 22.0. The molecule has 2 rings (SSSR count). The van der Waals surface area contributed by atoms with Crippen LogP contribution in [0.2, 0.25) is 0 Å². The molecule has 0 aromatic heterocycles. The van der Waals surface area contributed by atoms with Crippen molar-refractivity contribution in [3.05, 3.63) is 29.8 Å². The largest absolute Gasteiger partial charge is 0.497 e. The molecule has 0 bridgehead atoms. The summed E-state index contributed by atoms with van der Waals surface area (Å²) in [6, 6.07) is 7.83. The van der Waals surface area contributed by atoms with Crippen LogP contribution in [0.15, 0.2) is 24.3 Å². The van der Waals surface area contributed by atoms with Crippen molar-refractivity contribution in [2.45, 2.75) is 32.9 Å². The van der Waals surface area contributed by atoms with E-state index in [0.29, 0.717) is 6.04 Å². The molecule has 2 unspecified atom stereocenters. The Morgan fingerprint density at radius 1 is 1.33 bits per heavy atom. The van der Waals surface area contributed by atoms with E-state index in [2.05, 4.69) is 23.6 Å². The Morgan fingerprint density at radius 2 is 2.00 bits per heavy atom. The van der Waals surface area contributed by atoms with Gasteiger partial charge in [0.25, 0.3) is 0 Å². The number of benzene rings is 1. The average Bonchev–Trinajstić information content (AvgIpc) is 2.53. The van der Waals surface area contributed by atoms with Crippen molar-refractivity contribution < 1.29 is 9.53 Å². The number of hydrogen-bond acceptors (Lipinski definition) is 4. The molecule has 116 valence electrons. The molecule has 0 spiro atoms. The first-order valence-corrected chi connectivity index (χ1v) is 7.73. The van der Waals surface area contributed by atoms with Crippen molar-refractivity contribution in [1.82, 2.24) is 9.80 Å². The fraction of sp³-hybridized carbons (Fsp3) is 0.588. The van der Waals surface area contributed by atoms with E-state index in [4.69, 9.17) is 4.74 Å². The lowest BCUT2D eigenvalue weighted by molar-refractivity contribution is 0.0533. The van der Waals surface area contributed by atoms with Crippen LogP contribution in [0.3, 0.4) is 0 Å². The Labute approximate surface area is 127 Å². The molecule has 4 nitrogen and oxygen atoms in total. The molecule has 0 amide bonds. The molecule has 4 heteroatoms. The van der Waals surface area contributed by atoms with Crippen molar-refractivity contribution in [1.29, 1.82) is 0 Å². The first-order valence-electron chi connectivity index (χ1n) is 7.73. The van der Waals surface area contributed by atoms with Crippen LogP contribution < -0.4 is 4.74 Å². The lowest BCUT2D eigenvalue weighted by Crippen LogP contribution is -2.55. The summed E-state index contributed by atoms with van der Waals surface area (Å²) in [5, 5.41) is 0. The monoisotopic (exact) mass is 290 g/mol. The Morgan fingerprint density at radius 3 is 2.52 bits per heavy atom. The number of Topliss-reactive ketones (excluding diaryl/α,β-unsaturated/α-hetero) is 1. The molecule has 2 atom stereocenters. The molecule has 0 radical (unpaired) electrons. The summed E-state index contributed by atoms with van der Waals surface area (Å²) < 4.78 is 5.14. The predicted molar refractivity (Wildman–Crippen MR) is 85.1 cm³/mol. The number of likely N-dealkylation sites (N-methyl/N-ethyl adjacent to an activating group) is 1. The summed E-state index contributed by atoms with van der Waals surface area (Å²) in [7, 11) is 1.63. The molecule has 1 heterocycles. The molecule has 1 aliphatic rings. The highest BCUT2D eigenvalue weighted by Crippen LogP contribution is 2.17. The van der Waals surface area contributed by atoms with Gasteiger partial charge in [-0.3, -0.25) is 14.6 Å². The summed E-state index contributed by atoms with van der Waals surface area (Å²) in [6.07, 6.45) is 0. The second-order valence-electron chi connectivity index (χ2n) is 5.74. The maximum Gasteiger partial charge on any atom is 0.179 e. The molecule has 0 aliphatic carbocycles. The zero-order valence-corrected chi connectivity index (χ0v) is 13.5. The molecule has 21 heavy (non-hydrogen) atoms. The number of carbonyl (C=O) groups excluding carboxylic acids is 1. The summed E-state index contributed by atoms with van der Waals surface area (Å²) in [4.78, 5) is 17.4. The smallest absolute Gasteiger partial charge is 0.179 e. The minimum atomic E-state index is -0.0696. The molecule has 0 N–H and O–H groups in total. The van der Waals surface area contributed by atoms with Gasteiger partial charge >= 0.3 is 0 Å². The second-order valence-corrected chi connectivity index (χ2v) is 5.74. The standard InChI is InChI=1S/C17H26N2O2/c1-5-18-10-11-19(12-13(18)2)14(3)17(20)15-6-8-16(21-4)9-7-15/h6-9,13-14H,5,10-12H2,1-4H3. The number of piperazine rings is 1. The van der Waals surface area contributed by atoms with Crippen molar-refractivity contribution in [2.24, 2.45) is 0 Å². The van der Waals surface area contributed by atoms with Gasteiger partial charge < -0.3 is 4.74 Å². The molecule has 1 saturated heterocycles. The lowest BCUT2D eigenvalue weighted by Gasteiger charge is -2.41. The van der Waals surface area contributed by atoms with Crippen molar-refractivity contribution in [2.75, 3.05) is 33.3 Å². The first-order chi connectivity index (χ1) is 10.1. The van der Waals surface area contributed by atoms with Crippen LogP contribution in [-0.4, -0.2) is 61.0 Å². The topological polar surface area (TPSA) is 32.8 Å². The Kier molecular flexibility index (Phi) is 5.37. The van der Waals surface area contributed by atoms with Gasteiger partial charge in [-0.05, 0) is 44.7 Å². The third-order valence-electron chi connectivity index (χ3n) is 4.50. The van der Waals surface area contributed by atoms with Crippen LogP contribution in [0.4, 0.5) is 0 Å². The van der Waals surface area contributed by atoms with Gasteiger partial charge in [-0.25, -0.2) is 0 Å². The quantitative estimate of drug-likeness (QED) is 0.779. The van der Waals surface area contributed by atoms with Gasteiger partial charge in [0.2, 0.25) is 0 Å². The van der Waals surface area contributed by atoms with Gasteiger partial charge in [-0.2, -0.15) is 0 Å². The number of nitrogens with zero attached hydrogens (tertiary/aromatic N) is 2. The third-order valence-corrected chi connectivity index (χ3v) is 4.50. The predicted octanol–water partition coefficient (Wildman–Crippen LogP) is 2.29. The minimum absolute atomic E-state index is 0.0696. The van der Waals surface area contributed by atoms with Gasteiger partial charge in [0.05, 0.1) is 13.2 Å². The van der Waals surface area contributed by atoms with E-state index in [1.54, 1.807) is 7.11 Å². The van der Waals surface area contributed by atoms with E-state index in [0.717, 1.165) is 37.5 Å². The fourth-order valence-corrected chi connectivity index (χ4v) is 3.01. The van der Waals surface area contributed by atoms with Crippen LogP contribution in [0.1, 0.15) is 31.1 Å². The zero-order valence-electron chi connectivity index (χ0n) is 13.5. The van der Waals surface area contributed by atoms with Crippen molar-refractivity contribution in [3.8, 4) is 5.75 Å². The third kappa shape index (κ3) is 3.63. The molecule has 1 aromatic carbocycles. The number of hydrogen-bond donors (Lipinski definition) is 0. The second kappa shape index (κ2) is 7.05. The summed E-state index contributed by atoms with van der Waals surface area (Å²) >= 11 is 0. The summed E-state index contributed by atoms with van der Waals surface area (Å²) in [5.41, 5.74) is 0.758. The molecule has 0 saturated carbocycles. The van der Waals surface area contributed by atoms with E-state index in [1.165, 1.54) is 0 Å². The van der Waals surface area contributed by atoms with Crippen LogP contribution in [-0.2, 0) is 0 Å². The molecule has 1 fully saturated rings. The van der Waals surface area contributed by atoms with Gasteiger partial charge in [-0.15, -0.1) is 0 Å². The number of ketones is 1. The summed E-state index contributed by atoms with van der Waals surface area (Å²) in [6.45, 7) is 10.5. The van der Waals surface area contributed by atoms with E-state index in [1.807, 2.05) is 31.2 Å². The number of rotatable bonds is 5. The van der Waals surface area contributed by atoms with Gasteiger partial charge in [0, 0.05) is 31.2 Å². The minimum Gasteiger partial charge on any atom is -0.497 e. The molecular formula is C17H26N2O2. The van der Waals surface area contributed by atoms with Crippen molar-refractivity contribution in [3.63, 3.8) is 0 Å². The molecular weight excluding hydrogens is 264 g/mol. The van der Waals surface area contributed by atoms with Crippen LogP contribution in [0, 0.1) is 0 Å². The average molecular weight is 290 g/mol. The van der Waals surface area contributed by atoms with Crippen LogP contribution >= 0.6 is 0 Å². The Balaban J connectivity index is 2.02. The first kappa shape index (κ1) is 16.0. The van der Waals surface area contributed by atoms with Crippen LogP contribution in [0.25, 0.3) is 0 Å². The van der Waals surface area contributed by atoms with E-state index >= 15 is 0 Å². The maximum atomic E-state index is 12.6. The van der Waals surface area contributed by atoms with E-state index in [9.17, 15) is 4.79 Å². The molecule has 1 aromatic rings. The Bertz CT molecular complexity index is 472. The molecule has 1 aliphatic heterocycles. The highest BCUT2D eigenvalue weighted by atomic mass is 16.5. The number of carbonyl (C=O) groups is 1. The van der Waals surface area contributed by atoms with E-state index < -0.39 is 0 Å². The van der Waals surface area contributed by atoms with Gasteiger partial charge in [0.1, 0.15) is 5.75 Å². The van der Waals surface area contributed by atoms with Crippen molar-refractivity contribution >= 4 is 5.78 Å². The lowest BCUT2D eigenvalue weighted by atomic mass is 10.0. The Hall–Kier alpha value is -1.39. The van der Waals surface area contributed by atoms with Gasteiger partial charge in [0.15, 0.2) is 5.78 Å². The zero-order chi connectivity index (χ0) is 15.4. The highest BCUT2D eigenvalue weighted by molar-refractivity contribution is 5.99. The number of ether oxygens (including phenoxy) is 1. The maximum absolute atomic E-state index is 12.6. The fourth-order valence-electron chi connectivity index (χ4n) is 3.01. The summed E-state index contributed by atoms with van der Waals surface area (Å²) in [5.74, 6) is 0.971. The van der Waals surface area contributed by atoms with Gasteiger partial charge in [-0.1, -0.05) is 6.92 Å². The van der Waals surface area contributed by atoms with E-state index in [-0.39, 0.29) is 11.8 Å². The highest BCUT2D eigenvalue weighted by Gasteiger charge is 2.29. The van der Waals surface area contributed by atoms with Crippen LogP contribution in [0.5, 0.6) is 5.75 Å².